The molecule has 0 fully saturated rings. The van der Waals surface area contributed by atoms with E-state index in [4.69, 9.17) is 4.74 Å². The van der Waals surface area contributed by atoms with Crippen molar-refractivity contribution in [2.24, 2.45) is 4.99 Å². The van der Waals surface area contributed by atoms with Gasteiger partial charge in [0.2, 0.25) is 0 Å². The van der Waals surface area contributed by atoms with Crippen molar-refractivity contribution in [2.45, 2.75) is 31.3 Å². The fourth-order valence-corrected chi connectivity index (χ4v) is 2.32. The molecule has 0 aliphatic heterocycles. The summed E-state index contributed by atoms with van der Waals surface area (Å²) in [6.07, 6.45) is 0. The Balaban J connectivity index is 2.35. The van der Waals surface area contributed by atoms with E-state index >= 15 is 0 Å². The highest BCUT2D eigenvalue weighted by Gasteiger charge is 2.15. The summed E-state index contributed by atoms with van der Waals surface area (Å²) >= 11 is 1.84. The van der Waals surface area contributed by atoms with Gasteiger partial charge in [-0.05, 0) is 32.9 Å². The van der Waals surface area contributed by atoms with Crippen molar-refractivity contribution in [3.8, 4) is 0 Å². The number of aliphatic imine (C=N–C) groups is 1. The van der Waals surface area contributed by atoms with Crippen LogP contribution in [0.1, 0.15) is 20.8 Å². The van der Waals surface area contributed by atoms with Crippen molar-refractivity contribution in [2.75, 3.05) is 32.5 Å². The minimum atomic E-state index is -0.235. The zero-order chi connectivity index (χ0) is 15.6. The highest BCUT2D eigenvalue weighted by molar-refractivity contribution is 7.99. The number of hydrogen-bond donors (Lipinski definition) is 2. The van der Waals surface area contributed by atoms with Crippen LogP contribution in [0.25, 0.3) is 0 Å². The Morgan fingerprint density at radius 3 is 2.57 bits per heavy atom. The summed E-state index contributed by atoms with van der Waals surface area (Å²) in [5.74, 6) is 1.85. The van der Waals surface area contributed by atoms with Crippen LogP contribution in [0, 0.1) is 0 Å². The van der Waals surface area contributed by atoms with E-state index in [0.29, 0.717) is 6.54 Å². The van der Waals surface area contributed by atoms with Crippen LogP contribution in [-0.4, -0.2) is 44.1 Å². The molecule has 0 radical (unpaired) electrons. The standard InChI is InChI=1S/C16H27N3OS/c1-5-17-15(19-13-16(2,3)20-4)18-11-12-21-14-9-7-6-8-10-14/h6-10H,5,11-13H2,1-4H3,(H2,17,18,19). The van der Waals surface area contributed by atoms with E-state index in [1.54, 1.807) is 7.11 Å². The highest BCUT2D eigenvalue weighted by atomic mass is 32.2. The van der Waals surface area contributed by atoms with Gasteiger partial charge in [0.25, 0.3) is 0 Å². The number of ether oxygens (including phenoxy) is 1. The first-order valence-corrected chi connectivity index (χ1v) is 8.31. The van der Waals surface area contributed by atoms with Gasteiger partial charge in [-0.25, -0.2) is 0 Å². The molecule has 0 heterocycles. The van der Waals surface area contributed by atoms with E-state index in [2.05, 4.69) is 46.8 Å². The number of nitrogens with one attached hydrogen (secondary N) is 2. The molecule has 4 nitrogen and oxygen atoms in total. The number of benzene rings is 1. The quantitative estimate of drug-likeness (QED) is 0.335. The summed E-state index contributed by atoms with van der Waals surface area (Å²) in [6, 6.07) is 10.4. The van der Waals surface area contributed by atoms with E-state index in [1.165, 1.54) is 4.90 Å². The smallest absolute Gasteiger partial charge is 0.191 e. The van der Waals surface area contributed by atoms with E-state index in [-0.39, 0.29) is 5.60 Å². The van der Waals surface area contributed by atoms with Gasteiger partial charge in [0.15, 0.2) is 5.96 Å². The van der Waals surface area contributed by atoms with Crippen molar-refractivity contribution in [3.05, 3.63) is 30.3 Å². The second-order valence-corrected chi connectivity index (χ2v) is 6.42. The summed E-state index contributed by atoms with van der Waals surface area (Å²) in [6.45, 7) is 8.49. The van der Waals surface area contributed by atoms with Crippen molar-refractivity contribution < 1.29 is 4.74 Å². The highest BCUT2D eigenvalue weighted by Crippen LogP contribution is 2.15. The third-order valence-electron chi connectivity index (χ3n) is 2.92. The lowest BCUT2D eigenvalue weighted by Crippen LogP contribution is -2.40. The molecule has 1 aromatic carbocycles. The van der Waals surface area contributed by atoms with Crippen LogP contribution in [0.15, 0.2) is 40.2 Å². The van der Waals surface area contributed by atoms with Crippen LogP contribution in [-0.2, 0) is 4.74 Å². The molecule has 0 amide bonds. The fourth-order valence-electron chi connectivity index (χ4n) is 1.53. The monoisotopic (exact) mass is 309 g/mol. The topological polar surface area (TPSA) is 45.7 Å². The molecule has 0 aliphatic rings. The maximum absolute atomic E-state index is 5.38. The number of hydrogen-bond acceptors (Lipinski definition) is 3. The minimum Gasteiger partial charge on any atom is -0.377 e. The lowest BCUT2D eigenvalue weighted by Gasteiger charge is -2.21. The van der Waals surface area contributed by atoms with E-state index in [1.807, 2.05) is 31.7 Å². The Labute approximate surface area is 132 Å². The predicted molar refractivity (Wildman–Crippen MR) is 92.2 cm³/mol. The molecule has 2 N–H and O–H groups in total. The normalized spacial score (nSPS) is 12.3. The van der Waals surface area contributed by atoms with Crippen molar-refractivity contribution in [3.63, 3.8) is 0 Å². The minimum absolute atomic E-state index is 0.235. The maximum Gasteiger partial charge on any atom is 0.191 e. The molecule has 0 aliphatic carbocycles. The summed E-state index contributed by atoms with van der Waals surface area (Å²) in [7, 11) is 1.71. The van der Waals surface area contributed by atoms with Gasteiger partial charge in [0.1, 0.15) is 0 Å². The SMILES string of the molecule is CCNC(=NCC(C)(C)OC)NCCSc1ccccc1. The van der Waals surface area contributed by atoms with Gasteiger partial charge in [0, 0.05) is 30.8 Å². The van der Waals surface area contributed by atoms with Gasteiger partial charge in [-0.3, -0.25) is 4.99 Å². The maximum atomic E-state index is 5.38. The van der Waals surface area contributed by atoms with Gasteiger partial charge in [-0.15, -0.1) is 11.8 Å². The van der Waals surface area contributed by atoms with E-state index in [9.17, 15) is 0 Å². The van der Waals surface area contributed by atoms with Crippen LogP contribution >= 0.6 is 11.8 Å². The Morgan fingerprint density at radius 1 is 1.24 bits per heavy atom. The molecule has 1 rings (SSSR count). The second kappa shape index (κ2) is 9.68. The lowest BCUT2D eigenvalue weighted by molar-refractivity contribution is 0.0311. The van der Waals surface area contributed by atoms with Crippen LogP contribution in [0.2, 0.25) is 0 Å². The Bertz CT molecular complexity index is 421. The first-order valence-electron chi connectivity index (χ1n) is 7.32. The van der Waals surface area contributed by atoms with Crippen LogP contribution in [0.3, 0.4) is 0 Å². The Morgan fingerprint density at radius 2 is 1.95 bits per heavy atom. The first kappa shape index (κ1) is 17.9. The largest absolute Gasteiger partial charge is 0.377 e. The molecule has 118 valence electrons. The Hall–Kier alpha value is -1.20. The molecule has 0 aromatic heterocycles. The molecular formula is C16H27N3OS. The van der Waals surface area contributed by atoms with Crippen LogP contribution < -0.4 is 10.6 Å². The zero-order valence-corrected chi connectivity index (χ0v) is 14.3. The van der Waals surface area contributed by atoms with E-state index in [0.717, 1.165) is 24.8 Å². The first-order chi connectivity index (χ1) is 10.1. The third kappa shape index (κ3) is 7.97. The van der Waals surface area contributed by atoms with Crippen molar-refractivity contribution >= 4 is 17.7 Å². The molecule has 0 bridgehead atoms. The molecule has 21 heavy (non-hydrogen) atoms. The van der Waals surface area contributed by atoms with Gasteiger partial charge < -0.3 is 15.4 Å². The third-order valence-corrected chi connectivity index (χ3v) is 3.93. The molecule has 0 spiro atoms. The number of rotatable bonds is 8. The molecule has 0 atom stereocenters. The van der Waals surface area contributed by atoms with Gasteiger partial charge >= 0.3 is 0 Å². The number of thioether (sulfide) groups is 1. The fraction of sp³-hybridized carbons (Fsp3) is 0.562. The number of guanidine groups is 1. The van der Waals surface area contributed by atoms with Crippen molar-refractivity contribution in [1.82, 2.24) is 10.6 Å². The number of methoxy groups -OCH3 is 1. The Kier molecular flexibility index (Phi) is 8.23. The summed E-state index contributed by atoms with van der Waals surface area (Å²) in [5, 5.41) is 6.60. The van der Waals surface area contributed by atoms with E-state index < -0.39 is 0 Å². The summed E-state index contributed by atoms with van der Waals surface area (Å²) in [5.41, 5.74) is -0.235. The number of nitrogens with zero attached hydrogens (tertiary/aromatic N) is 1. The summed E-state index contributed by atoms with van der Waals surface area (Å²) in [4.78, 5) is 5.85. The average Bonchev–Trinajstić information content (AvgIpc) is 2.50. The second-order valence-electron chi connectivity index (χ2n) is 5.25. The van der Waals surface area contributed by atoms with Crippen LogP contribution in [0.5, 0.6) is 0 Å². The average molecular weight is 309 g/mol. The zero-order valence-electron chi connectivity index (χ0n) is 13.5. The molecule has 0 saturated heterocycles. The lowest BCUT2D eigenvalue weighted by atomic mass is 10.1. The molecule has 0 unspecified atom stereocenters. The van der Waals surface area contributed by atoms with Crippen LogP contribution in [0.4, 0.5) is 0 Å². The molecule has 1 aromatic rings. The van der Waals surface area contributed by atoms with Gasteiger partial charge in [0.05, 0.1) is 12.1 Å². The molecular weight excluding hydrogens is 282 g/mol. The summed E-state index contributed by atoms with van der Waals surface area (Å²) < 4.78 is 5.38. The molecule has 0 saturated carbocycles. The predicted octanol–water partition coefficient (Wildman–Crippen LogP) is 2.76. The molecule has 5 heteroatoms. The van der Waals surface area contributed by atoms with Gasteiger partial charge in [-0.2, -0.15) is 0 Å². The van der Waals surface area contributed by atoms with Gasteiger partial charge in [-0.1, -0.05) is 18.2 Å². The van der Waals surface area contributed by atoms with Crippen molar-refractivity contribution in [1.29, 1.82) is 0 Å².